The predicted octanol–water partition coefficient (Wildman–Crippen LogP) is 2.64. The van der Waals surface area contributed by atoms with E-state index in [1.165, 1.54) is 12.1 Å². The molecule has 2 rings (SSSR count). The summed E-state index contributed by atoms with van der Waals surface area (Å²) in [6.45, 7) is 0. The SMILES string of the molecule is N[C@H](c1cc(F)cc(Cl)c1)[C@@H](O)C1CCC1. The molecule has 4 heteroatoms. The van der Waals surface area contributed by atoms with Crippen LogP contribution >= 0.6 is 11.6 Å². The number of halogens is 2. The molecule has 1 aliphatic carbocycles. The molecular formula is C12H15ClFNO. The summed E-state index contributed by atoms with van der Waals surface area (Å²) in [4.78, 5) is 0. The van der Waals surface area contributed by atoms with Crippen molar-refractivity contribution in [2.75, 3.05) is 0 Å². The van der Waals surface area contributed by atoms with Crippen molar-refractivity contribution in [1.29, 1.82) is 0 Å². The molecule has 2 nitrogen and oxygen atoms in total. The predicted molar refractivity (Wildman–Crippen MR) is 61.7 cm³/mol. The number of aliphatic hydroxyl groups is 1. The highest BCUT2D eigenvalue weighted by Crippen LogP contribution is 2.34. The topological polar surface area (TPSA) is 46.2 Å². The average molecular weight is 244 g/mol. The van der Waals surface area contributed by atoms with Crippen molar-refractivity contribution in [3.05, 3.63) is 34.6 Å². The van der Waals surface area contributed by atoms with Crippen molar-refractivity contribution >= 4 is 11.6 Å². The van der Waals surface area contributed by atoms with Gasteiger partial charge in [-0.25, -0.2) is 4.39 Å². The minimum absolute atomic E-state index is 0.247. The minimum Gasteiger partial charge on any atom is -0.391 e. The van der Waals surface area contributed by atoms with Gasteiger partial charge < -0.3 is 10.8 Å². The fraction of sp³-hybridized carbons (Fsp3) is 0.500. The Labute approximate surface area is 99.2 Å². The highest BCUT2D eigenvalue weighted by atomic mass is 35.5. The third-order valence-corrected chi connectivity index (χ3v) is 3.49. The number of nitrogens with two attached hydrogens (primary N) is 1. The van der Waals surface area contributed by atoms with Crippen LogP contribution in [0, 0.1) is 11.7 Å². The monoisotopic (exact) mass is 243 g/mol. The largest absolute Gasteiger partial charge is 0.391 e. The van der Waals surface area contributed by atoms with Crippen LogP contribution in [0.4, 0.5) is 4.39 Å². The number of benzene rings is 1. The molecule has 88 valence electrons. The molecule has 0 bridgehead atoms. The molecule has 1 fully saturated rings. The van der Waals surface area contributed by atoms with Crippen LogP contribution in [0.2, 0.25) is 5.02 Å². The first-order valence-electron chi connectivity index (χ1n) is 5.47. The lowest BCUT2D eigenvalue weighted by atomic mass is 9.77. The normalized spacial score (nSPS) is 20.2. The van der Waals surface area contributed by atoms with E-state index in [-0.39, 0.29) is 5.92 Å². The van der Waals surface area contributed by atoms with Crippen LogP contribution in [0.1, 0.15) is 30.9 Å². The summed E-state index contributed by atoms with van der Waals surface area (Å²) in [5.41, 5.74) is 6.47. The van der Waals surface area contributed by atoms with Crippen LogP contribution in [0.3, 0.4) is 0 Å². The first-order valence-corrected chi connectivity index (χ1v) is 5.85. The van der Waals surface area contributed by atoms with Gasteiger partial charge in [-0.1, -0.05) is 18.0 Å². The molecule has 1 aliphatic rings. The Bertz CT molecular complexity index is 361. The van der Waals surface area contributed by atoms with Crippen molar-refractivity contribution in [1.82, 2.24) is 0 Å². The van der Waals surface area contributed by atoms with E-state index in [1.807, 2.05) is 0 Å². The second kappa shape index (κ2) is 4.70. The molecule has 0 unspecified atom stereocenters. The van der Waals surface area contributed by atoms with E-state index < -0.39 is 18.0 Å². The van der Waals surface area contributed by atoms with Crippen LogP contribution < -0.4 is 5.73 Å². The van der Waals surface area contributed by atoms with Gasteiger partial charge in [-0.15, -0.1) is 0 Å². The third-order valence-electron chi connectivity index (χ3n) is 3.27. The van der Waals surface area contributed by atoms with Crippen molar-refractivity contribution in [3.8, 4) is 0 Å². The molecule has 2 atom stereocenters. The van der Waals surface area contributed by atoms with Crippen molar-refractivity contribution in [2.45, 2.75) is 31.4 Å². The summed E-state index contributed by atoms with van der Waals surface area (Å²) in [5.74, 6) is -0.171. The van der Waals surface area contributed by atoms with Gasteiger partial charge in [-0.2, -0.15) is 0 Å². The van der Waals surface area contributed by atoms with Gasteiger partial charge in [-0.3, -0.25) is 0 Å². The molecule has 1 aromatic carbocycles. The van der Waals surface area contributed by atoms with Crippen LogP contribution in [-0.2, 0) is 0 Å². The molecule has 0 aliphatic heterocycles. The van der Waals surface area contributed by atoms with E-state index >= 15 is 0 Å². The molecule has 0 aromatic heterocycles. The zero-order valence-electron chi connectivity index (χ0n) is 8.87. The average Bonchev–Trinajstić information content (AvgIpc) is 2.12. The molecule has 0 amide bonds. The van der Waals surface area contributed by atoms with Gasteiger partial charge in [0.15, 0.2) is 0 Å². The third kappa shape index (κ3) is 2.37. The Morgan fingerprint density at radius 2 is 2.06 bits per heavy atom. The van der Waals surface area contributed by atoms with Crippen LogP contribution in [0.25, 0.3) is 0 Å². The van der Waals surface area contributed by atoms with Crippen LogP contribution in [-0.4, -0.2) is 11.2 Å². The molecule has 0 saturated heterocycles. The summed E-state index contributed by atoms with van der Waals surface area (Å²) < 4.78 is 13.1. The Hall–Kier alpha value is -0.640. The standard InChI is InChI=1S/C12H15ClFNO/c13-9-4-8(5-10(14)6-9)11(15)12(16)7-2-1-3-7/h4-7,11-12,16H,1-3,15H2/t11-,12+/m1/s1. The molecule has 1 saturated carbocycles. The minimum atomic E-state index is -0.605. The van der Waals surface area contributed by atoms with E-state index in [0.29, 0.717) is 10.6 Å². The molecule has 3 N–H and O–H groups in total. The Morgan fingerprint density at radius 1 is 1.38 bits per heavy atom. The fourth-order valence-corrected chi connectivity index (χ4v) is 2.27. The van der Waals surface area contributed by atoms with E-state index in [0.717, 1.165) is 19.3 Å². The van der Waals surface area contributed by atoms with Gasteiger partial charge in [-0.05, 0) is 42.5 Å². The van der Waals surface area contributed by atoms with Crippen LogP contribution in [0.5, 0.6) is 0 Å². The van der Waals surface area contributed by atoms with E-state index in [2.05, 4.69) is 0 Å². The summed E-state index contributed by atoms with van der Waals surface area (Å²) in [5, 5.41) is 10.3. The van der Waals surface area contributed by atoms with Crippen molar-refractivity contribution in [3.63, 3.8) is 0 Å². The van der Waals surface area contributed by atoms with Gasteiger partial charge >= 0.3 is 0 Å². The van der Waals surface area contributed by atoms with Crippen molar-refractivity contribution in [2.24, 2.45) is 11.7 Å². The lowest BCUT2D eigenvalue weighted by molar-refractivity contribution is 0.0413. The number of hydrogen-bond acceptors (Lipinski definition) is 2. The second-order valence-corrected chi connectivity index (χ2v) is 4.85. The number of aliphatic hydroxyl groups excluding tert-OH is 1. The number of hydrogen-bond donors (Lipinski definition) is 2. The van der Waals surface area contributed by atoms with E-state index in [4.69, 9.17) is 17.3 Å². The zero-order valence-corrected chi connectivity index (χ0v) is 9.62. The molecular weight excluding hydrogens is 229 g/mol. The summed E-state index contributed by atoms with van der Waals surface area (Å²) in [6.07, 6.45) is 2.53. The van der Waals surface area contributed by atoms with E-state index in [1.54, 1.807) is 6.07 Å². The van der Waals surface area contributed by atoms with Crippen LogP contribution in [0.15, 0.2) is 18.2 Å². The second-order valence-electron chi connectivity index (χ2n) is 4.41. The molecule has 1 aromatic rings. The lowest BCUT2D eigenvalue weighted by Gasteiger charge is -2.33. The van der Waals surface area contributed by atoms with E-state index in [9.17, 15) is 9.50 Å². The Kier molecular flexibility index (Phi) is 3.47. The highest BCUT2D eigenvalue weighted by molar-refractivity contribution is 6.30. The van der Waals surface area contributed by atoms with Gasteiger partial charge in [0.2, 0.25) is 0 Å². The maximum atomic E-state index is 13.1. The van der Waals surface area contributed by atoms with Gasteiger partial charge in [0.25, 0.3) is 0 Å². The van der Waals surface area contributed by atoms with Crippen molar-refractivity contribution < 1.29 is 9.50 Å². The van der Waals surface area contributed by atoms with Gasteiger partial charge in [0, 0.05) is 5.02 Å². The maximum absolute atomic E-state index is 13.1. The molecule has 0 heterocycles. The smallest absolute Gasteiger partial charge is 0.125 e. The summed E-state index contributed by atoms with van der Waals surface area (Å²) >= 11 is 5.75. The Morgan fingerprint density at radius 3 is 2.56 bits per heavy atom. The highest BCUT2D eigenvalue weighted by Gasteiger charge is 2.30. The first kappa shape index (κ1) is 11.8. The quantitative estimate of drug-likeness (QED) is 0.857. The maximum Gasteiger partial charge on any atom is 0.125 e. The van der Waals surface area contributed by atoms with Gasteiger partial charge in [0.1, 0.15) is 5.82 Å². The zero-order chi connectivity index (χ0) is 11.7. The summed E-state index contributed by atoms with van der Waals surface area (Å²) in [6, 6.07) is 3.61. The first-order chi connectivity index (χ1) is 7.58. The summed E-state index contributed by atoms with van der Waals surface area (Å²) in [7, 11) is 0. The molecule has 0 spiro atoms. The molecule has 16 heavy (non-hydrogen) atoms. The molecule has 0 radical (unpaired) electrons. The fourth-order valence-electron chi connectivity index (χ4n) is 2.04. The Balaban J connectivity index is 2.15. The van der Waals surface area contributed by atoms with Gasteiger partial charge in [0.05, 0.1) is 12.1 Å². The number of rotatable bonds is 3. The lowest BCUT2D eigenvalue weighted by Crippen LogP contribution is -2.36.